The van der Waals surface area contributed by atoms with E-state index in [4.69, 9.17) is 9.26 Å². The minimum atomic E-state index is -0.0427. The molecule has 0 unspecified atom stereocenters. The minimum absolute atomic E-state index is 0.00681. The molecule has 9 nitrogen and oxygen atoms in total. The van der Waals surface area contributed by atoms with Crippen molar-refractivity contribution in [3.8, 4) is 34.7 Å². The van der Waals surface area contributed by atoms with Gasteiger partial charge in [0, 0.05) is 30.3 Å². The molecule has 5 rings (SSSR count). The number of aromatic nitrogens is 2. The Morgan fingerprint density at radius 3 is 2.84 bits per heavy atom. The molecule has 37 heavy (non-hydrogen) atoms. The van der Waals surface area contributed by atoms with E-state index in [1.807, 2.05) is 36.9 Å². The molecule has 0 spiro atoms. The van der Waals surface area contributed by atoms with Crippen LogP contribution in [0.4, 0.5) is 4.79 Å². The Bertz CT molecular complexity index is 1340. The summed E-state index contributed by atoms with van der Waals surface area (Å²) in [6.45, 7) is 5.36. The van der Waals surface area contributed by atoms with Gasteiger partial charge in [-0.15, -0.1) is 0 Å². The van der Waals surface area contributed by atoms with Crippen molar-refractivity contribution < 1.29 is 14.1 Å². The number of nitrogens with one attached hydrogen (secondary N) is 1. The first kappa shape index (κ1) is 24.8. The second-order valence-electron chi connectivity index (χ2n) is 10.2. The summed E-state index contributed by atoms with van der Waals surface area (Å²) in [6.07, 6.45) is 2.61. The molecule has 1 fully saturated rings. The van der Waals surface area contributed by atoms with Gasteiger partial charge >= 0.3 is 6.03 Å². The molecule has 2 amide bonds. The van der Waals surface area contributed by atoms with Crippen LogP contribution in [0.2, 0.25) is 0 Å². The van der Waals surface area contributed by atoms with E-state index in [0.29, 0.717) is 34.6 Å². The van der Waals surface area contributed by atoms with Crippen molar-refractivity contribution in [3.05, 3.63) is 53.1 Å². The number of urea groups is 1. The second kappa shape index (κ2) is 10.2. The van der Waals surface area contributed by atoms with Gasteiger partial charge in [-0.1, -0.05) is 23.4 Å². The van der Waals surface area contributed by atoms with Crippen LogP contribution in [-0.4, -0.2) is 65.3 Å². The number of carbonyl (C=O) groups is 1. The number of ether oxygens (including phenoxy) is 1. The Kier molecular flexibility index (Phi) is 6.85. The first-order valence-corrected chi connectivity index (χ1v) is 12.7. The number of hydrogen-bond acceptors (Lipinski definition) is 7. The molecule has 192 valence electrons. The van der Waals surface area contributed by atoms with Gasteiger partial charge in [-0.2, -0.15) is 10.2 Å². The molecule has 1 aliphatic carbocycles. The summed E-state index contributed by atoms with van der Waals surface area (Å²) in [5.41, 5.74) is 4.21. The SMILES string of the molecule is CC(C)Oc1ccc(-c2nc(-c3cccc4c3CC[C@@H]4NC(=O)N3CC[C@@H](N(C)C)C3)no2)cc1C#N. The lowest BCUT2D eigenvalue weighted by atomic mass is 10.0. The third kappa shape index (κ3) is 5.02. The van der Waals surface area contributed by atoms with Crippen molar-refractivity contribution in [3.63, 3.8) is 0 Å². The number of hydrogen-bond donors (Lipinski definition) is 1. The van der Waals surface area contributed by atoms with Gasteiger partial charge in [-0.3, -0.25) is 0 Å². The van der Waals surface area contributed by atoms with Crippen LogP contribution < -0.4 is 10.1 Å². The second-order valence-corrected chi connectivity index (χ2v) is 10.2. The smallest absolute Gasteiger partial charge is 0.317 e. The average molecular weight is 501 g/mol. The zero-order chi connectivity index (χ0) is 26.1. The summed E-state index contributed by atoms with van der Waals surface area (Å²) >= 11 is 0. The monoisotopic (exact) mass is 500 g/mol. The summed E-state index contributed by atoms with van der Waals surface area (Å²) in [6, 6.07) is 13.8. The zero-order valence-electron chi connectivity index (χ0n) is 21.7. The topological polar surface area (TPSA) is 108 Å². The Labute approximate surface area is 217 Å². The predicted octanol–water partition coefficient (Wildman–Crippen LogP) is 4.40. The molecular weight excluding hydrogens is 468 g/mol. The van der Waals surface area contributed by atoms with Crippen LogP contribution >= 0.6 is 0 Å². The lowest BCUT2D eigenvalue weighted by molar-refractivity contribution is 0.199. The van der Waals surface area contributed by atoms with Crippen LogP contribution in [-0.2, 0) is 6.42 Å². The van der Waals surface area contributed by atoms with E-state index in [2.05, 4.69) is 46.6 Å². The third-order valence-electron chi connectivity index (χ3n) is 7.13. The maximum absolute atomic E-state index is 13.0. The molecule has 1 saturated heterocycles. The van der Waals surface area contributed by atoms with Crippen molar-refractivity contribution >= 4 is 6.03 Å². The summed E-state index contributed by atoms with van der Waals surface area (Å²) < 4.78 is 11.3. The number of rotatable bonds is 6. The van der Waals surface area contributed by atoms with Crippen molar-refractivity contribution in [1.82, 2.24) is 25.3 Å². The number of carbonyl (C=O) groups excluding carboxylic acids is 1. The maximum Gasteiger partial charge on any atom is 0.317 e. The lowest BCUT2D eigenvalue weighted by Crippen LogP contribution is -2.41. The van der Waals surface area contributed by atoms with Crippen molar-refractivity contribution in [1.29, 1.82) is 5.26 Å². The molecule has 0 saturated carbocycles. The quantitative estimate of drug-likeness (QED) is 0.535. The summed E-state index contributed by atoms with van der Waals surface area (Å²) in [7, 11) is 4.12. The fraction of sp³-hybridized carbons (Fsp3) is 0.429. The molecule has 2 aliphatic rings. The van der Waals surface area contributed by atoms with Gasteiger partial charge in [0.1, 0.15) is 11.8 Å². The molecule has 9 heteroatoms. The standard InChI is InChI=1S/C28H32N6O3/c1-17(2)36-25-11-8-18(14-19(25)15-29)27-31-26(32-37-27)23-7-5-6-22-21(23)9-10-24(22)30-28(35)34-13-12-20(16-34)33(3)4/h5-8,11,14,17,20,24H,9-10,12-13,16H2,1-4H3,(H,30,35)/t20-,24+/m1/s1. The lowest BCUT2D eigenvalue weighted by Gasteiger charge is -2.23. The number of amides is 2. The van der Waals surface area contributed by atoms with Crippen LogP contribution in [0.5, 0.6) is 5.75 Å². The van der Waals surface area contributed by atoms with Crippen LogP contribution in [0.1, 0.15) is 49.4 Å². The Morgan fingerprint density at radius 1 is 1.27 bits per heavy atom. The molecular formula is C28H32N6O3. The summed E-state index contributed by atoms with van der Waals surface area (Å²) in [5.74, 6) is 1.36. The molecule has 1 aromatic heterocycles. The molecule has 0 radical (unpaired) electrons. The van der Waals surface area contributed by atoms with Crippen molar-refractivity contribution in [2.24, 2.45) is 0 Å². The summed E-state index contributed by atoms with van der Waals surface area (Å²) in [5, 5.41) is 17.0. The van der Waals surface area contributed by atoms with E-state index in [-0.39, 0.29) is 18.2 Å². The number of nitrogens with zero attached hydrogens (tertiary/aromatic N) is 5. The zero-order valence-corrected chi connectivity index (χ0v) is 21.7. The molecule has 2 heterocycles. The van der Waals surface area contributed by atoms with E-state index in [9.17, 15) is 10.1 Å². The first-order valence-electron chi connectivity index (χ1n) is 12.7. The van der Waals surface area contributed by atoms with Crippen LogP contribution in [0.25, 0.3) is 22.8 Å². The summed E-state index contributed by atoms with van der Waals surface area (Å²) in [4.78, 5) is 21.7. The van der Waals surface area contributed by atoms with Gasteiger partial charge in [-0.05, 0) is 76.5 Å². The van der Waals surface area contributed by atoms with Crippen molar-refractivity contribution in [2.45, 2.75) is 51.3 Å². The molecule has 2 atom stereocenters. The highest BCUT2D eigenvalue weighted by Crippen LogP contribution is 2.38. The third-order valence-corrected chi connectivity index (χ3v) is 7.13. The minimum Gasteiger partial charge on any atom is -0.490 e. The van der Waals surface area contributed by atoms with Crippen LogP contribution in [0.15, 0.2) is 40.9 Å². The van der Waals surface area contributed by atoms with Gasteiger partial charge in [0.2, 0.25) is 5.82 Å². The van der Waals surface area contributed by atoms with E-state index in [1.54, 1.807) is 12.1 Å². The number of nitriles is 1. The molecule has 2 aromatic carbocycles. The van der Waals surface area contributed by atoms with E-state index in [0.717, 1.165) is 49.0 Å². The molecule has 1 aliphatic heterocycles. The highest BCUT2D eigenvalue weighted by Gasteiger charge is 2.32. The highest BCUT2D eigenvalue weighted by atomic mass is 16.5. The predicted molar refractivity (Wildman–Crippen MR) is 139 cm³/mol. The van der Waals surface area contributed by atoms with Crippen LogP contribution in [0, 0.1) is 11.3 Å². The van der Waals surface area contributed by atoms with Gasteiger partial charge in [0.15, 0.2) is 0 Å². The first-order chi connectivity index (χ1) is 17.8. The fourth-order valence-corrected chi connectivity index (χ4v) is 5.16. The number of likely N-dealkylation sites (tertiary alicyclic amines) is 1. The van der Waals surface area contributed by atoms with Gasteiger partial charge < -0.3 is 24.4 Å². The number of likely N-dealkylation sites (N-methyl/N-ethyl adjacent to an activating group) is 1. The van der Waals surface area contributed by atoms with Gasteiger partial charge in [-0.25, -0.2) is 4.79 Å². The van der Waals surface area contributed by atoms with Gasteiger partial charge in [0.25, 0.3) is 5.89 Å². The Hall–Kier alpha value is -3.90. The number of benzene rings is 2. The molecule has 0 bridgehead atoms. The van der Waals surface area contributed by atoms with E-state index in [1.165, 1.54) is 0 Å². The highest BCUT2D eigenvalue weighted by molar-refractivity contribution is 5.76. The average Bonchev–Trinajstić information content (AvgIpc) is 3.64. The normalized spacial score (nSPS) is 18.8. The van der Waals surface area contributed by atoms with E-state index < -0.39 is 0 Å². The fourth-order valence-electron chi connectivity index (χ4n) is 5.16. The van der Waals surface area contributed by atoms with Crippen molar-refractivity contribution in [2.75, 3.05) is 27.2 Å². The Morgan fingerprint density at radius 2 is 2.11 bits per heavy atom. The maximum atomic E-state index is 13.0. The van der Waals surface area contributed by atoms with Crippen LogP contribution in [0.3, 0.4) is 0 Å². The largest absolute Gasteiger partial charge is 0.490 e. The van der Waals surface area contributed by atoms with E-state index >= 15 is 0 Å². The molecule has 3 aromatic rings. The number of fused-ring (bicyclic) bond motifs is 1. The van der Waals surface area contributed by atoms with Gasteiger partial charge in [0.05, 0.1) is 17.7 Å². The molecule has 1 N–H and O–H groups in total. The Balaban J connectivity index is 1.34.